The van der Waals surface area contributed by atoms with Gasteiger partial charge in [-0.3, -0.25) is 9.48 Å². The number of hydrogen-bond donors (Lipinski definition) is 0. The van der Waals surface area contributed by atoms with Crippen molar-refractivity contribution in [1.82, 2.24) is 19.7 Å². The first-order chi connectivity index (χ1) is 13.5. The highest BCUT2D eigenvalue weighted by Crippen LogP contribution is 2.35. The third-order valence-corrected chi connectivity index (χ3v) is 5.14. The quantitative estimate of drug-likeness (QED) is 0.651. The molecular weight excluding hydrogens is 355 g/mol. The van der Waals surface area contributed by atoms with Gasteiger partial charge in [-0.1, -0.05) is 12.6 Å². The van der Waals surface area contributed by atoms with E-state index in [2.05, 4.69) is 17.7 Å². The maximum absolute atomic E-state index is 13.3. The Kier molecular flexibility index (Phi) is 4.77. The van der Waals surface area contributed by atoms with Gasteiger partial charge in [-0.2, -0.15) is 5.10 Å². The SMILES string of the molecule is C=CC(=O)N1CC[C@H](c2ccc(-c3ccc(F)cc3)nc2-c2ccn(C)n2)C1. The molecule has 1 saturated heterocycles. The van der Waals surface area contributed by atoms with Crippen LogP contribution in [0.4, 0.5) is 4.39 Å². The van der Waals surface area contributed by atoms with E-state index in [9.17, 15) is 9.18 Å². The molecule has 0 spiro atoms. The minimum absolute atomic E-state index is 0.0437. The molecule has 0 unspecified atom stereocenters. The van der Waals surface area contributed by atoms with Gasteiger partial charge < -0.3 is 4.90 Å². The van der Waals surface area contributed by atoms with Crippen molar-refractivity contribution in [1.29, 1.82) is 0 Å². The van der Waals surface area contributed by atoms with Crippen molar-refractivity contribution >= 4 is 5.91 Å². The number of rotatable bonds is 4. The monoisotopic (exact) mass is 376 g/mol. The number of carbonyl (C=O) groups excluding carboxylic acids is 1. The zero-order chi connectivity index (χ0) is 19.7. The molecule has 1 fully saturated rings. The summed E-state index contributed by atoms with van der Waals surface area (Å²) in [6.45, 7) is 4.93. The summed E-state index contributed by atoms with van der Waals surface area (Å²) in [7, 11) is 1.87. The number of hydrogen-bond acceptors (Lipinski definition) is 3. The van der Waals surface area contributed by atoms with E-state index in [1.165, 1.54) is 18.2 Å². The maximum atomic E-state index is 13.3. The molecule has 2 aromatic heterocycles. The fourth-order valence-corrected chi connectivity index (χ4v) is 3.67. The van der Waals surface area contributed by atoms with Crippen molar-refractivity contribution in [3.63, 3.8) is 0 Å². The zero-order valence-electron chi connectivity index (χ0n) is 15.7. The van der Waals surface area contributed by atoms with Crippen LogP contribution in [0.3, 0.4) is 0 Å². The smallest absolute Gasteiger partial charge is 0.245 e. The number of pyridine rings is 1. The Morgan fingerprint density at radius 1 is 1.18 bits per heavy atom. The summed E-state index contributed by atoms with van der Waals surface area (Å²) < 4.78 is 15.0. The Morgan fingerprint density at radius 3 is 2.64 bits per heavy atom. The van der Waals surface area contributed by atoms with Gasteiger partial charge in [0.2, 0.25) is 5.91 Å². The van der Waals surface area contributed by atoms with E-state index in [0.29, 0.717) is 13.1 Å². The van der Waals surface area contributed by atoms with Crippen LogP contribution in [0.25, 0.3) is 22.6 Å². The topological polar surface area (TPSA) is 51.0 Å². The predicted molar refractivity (Wildman–Crippen MR) is 106 cm³/mol. The van der Waals surface area contributed by atoms with E-state index >= 15 is 0 Å². The fraction of sp³-hybridized carbons (Fsp3) is 0.227. The van der Waals surface area contributed by atoms with Gasteiger partial charge in [-0.25, -0.2) is 9.37 Å². The molecule has 3 heterocycles. The normalized spacial score (nSPS) is 16.4. The van der Waals surface area contributed by atoms with Gasteiger partial charge in [0.05, 0.1) is 11.4 Å². The summed E-state index contributed by atoms with van der Waals surface area (Å²) in [5, 5.41) is 4.53. The third kappa shape index (κ3) is 3.45. The number of amides is 1. The van der Waals surface area contributed by atoms with Crippen LogP contribution >= 0.6 is 0 Å². The van der Waals surface area contributed by atoms with Crippen molar-refractivity contribution in [2.24, 2.45) is 7.05 Å². The molecule has 6 heteroatoms. The highest BCUT2D eigenvalue weighted by molar-refractivity contribution is 5.87. The first kappa shape index (κ1) is 18.1. The molecule has 142 valence electrons. The number of benzene rings is 1. The van der Waals surface area contributed by atoms with E-state index in [1.54, 1.807) is 16.8 Å². The molecule has 3 aromatic rings. The lowest BCUT2D eigenvalue weighted by molar-refractivity contribution is -0.125. The fourth-order valence-electron chi connectivity index (χ4n) is 3.67. The zero-order valence-corrected chi connectivity index (χ0v) is 15.7. The number of carbonyl (C=O) groups is 1. The molecule has 1 amide bonds. The minimum Gasteiger partial charge on any atom is -0.339 e. The molecule has 0 bridgehead atoms. The second-order valence-electron chi connectivity index (χ2n) is 6.99. The third-order valence-electron chi connectivity index (χ3n) is 5.14. The molecule has 1 atom stereocenters. The average Bonchev–Trinajstić information content (AvgIpc) is 3.37. The Morgan fingerprint density at radius 2 is 1.96 bits per heavy atom. The number of halogens is 1. The van der Waals surface area contributed by atoms with E-state index < -0.39 is 0 Å². The summed E-state index contributed by atoms with van der Waals surface area (Å²) in [5.74, 6) is -0.128. The molecule has 5 nitrogen and oxygen atoms in total. The summed E-state index contributed by atoms with van der Waals surface area (Å²) in [6.07, 6.45) is 4.11. The summed E-state index contributed by atoms with van der Waals surface area (Å²) in [4.78, 5) is 18.6. The van der Waals surface area contributed by atoms with Gasteiger partial charge in [0.1, 0.15) is 11.5 Å². The minimum atomic E-state index is -0.275. The predicted octanol–water partition coefficient (Wildman–Crippen LogP) is 3.79. The van der Waals surface area contributed by atoms with Crippen LogP contribution in [0, 0.1) is 5.82 Å². The second-order valence-corrected chi connectivity index (χ2v) is 6.99. The van der Waals surface area contributed by atoms with Crippen molar-refractivity contribution in [3.05, 3.63) is 72.7 Å². The van der Waals surface area contributed by atoms with Crippen molar-refractivity contribution in [3.8, 4) is 22.6 Å². The largest absolute Gasteiger partial charge is 0.339 e. The Hall–Kier alpha value is -3.28. The molecule has 0 radical (unpaired) electrons. The average molecular weight is 376 g/mol. The van der Waals surface area contributed by atoms with Crippen LogP contribution in [0.1, 0.15) is 17.9 Å². The molecule has 0 aliphatic carbocycles. The maximum Gasteiger partial charge on any atom is 0.245 e. The summed E-state index contributed by atoms with van der Waals surface area (Å²) in [6, 6.07) is 12.2. The van der Waals surface area contributed by atoms with Crippen LogP contribution < -0.4 is 0 Å². The number of aryl methyl sites for hydroxylation is 1. The van der Waals surface area contributed by atoms with Crippen LogP contribution in [0.5, 0.6) is 0 Å². The highest BCUT2D eigenvalue weighted by Gasteiger charge is 2.29. The van der Waals surface area contributed by atoms with Gasteiger partial charge in [0, 0.05) is 37.8 Å². The molecular formula is C22H21FN4O. The van der Waals surface area contributed by atoms with E-state index in [-0.39, 0.29) is 17.6 Å². The lowest BCUT2D eigenvalue weighted by Gasteiger charge is -2.17. The highest BCUT2D eigenvalue weighted by atomic mass is 19.1. The van der Waals surface area contributed by atoms with Gasteiger partial charge in [-0.15, -0.1) is 0 Å². The van der Waals surface area contributed by atoms with Crippen LogP contribution in [-0.4, -0.2) is 38.7 Å². The standard InChI is InChI=1S/C22H21FN4O/c1-3-21(28)27-13-10-16(14-27)18-8-9-19(15-4-6-17(23)7-5-15)24-22(18)20-11-12-26(2)25-20/h3-9,11-12,16H,1,10,13-14H2,2H3/t16-/m0/s1. The van der Waals surface area contributed by atoms with E-state index in [4.69, 9.17) is 4.98 Å². The van der Waals surface area contributed by atoms with Gasteiger partial charge in [0.15, 0.2) is 0 Å². The molecule has 28 heavy (non-hydrogen) atoms. The van der Waals surface area contributed by atoms with Crippen molar-refractivity contribution < 1.29 is 9.18 Å². The number of aromatic nitrogens is 3. The van der Waals surface area contributed by atoms with Crippen LogP contribution in [0.2, 0.25) is 0 Å². The van der Waals surface area contributed by atoms with E-state index in [1.807, 2.05) is 30.3 Å². The molecule has 1 aromatic carbocycles. The summed E-state index contributed by atoms with van der Waals surface area (Å²) >= 11 is 0. The van der Waals surface area contributed by atoms with E-state index in [0.717, 1.165) is 34.6 Å². The number of likely N-dealkylation sites (tertiary alicyclic amines) is 1. The first-order valence-electron chi connectivity index (χ1n) is 9.23. The lowest BCUT2D eigenvalue weighted by Crippen LogP contribution is -2.26. The first-order valence-corrected chi connectivity index (χ1v) is 9.23. The molecule has 1 aliphatic heterocycles. The second kappa shape index (κ2) is 7.38. The van der Waals surface area contributed by atoms with Crippen molar-refractivity contribution in [2.75, 3.05) is 13.1 Å². The van der Waals surface area contributed by atoms with Gasteiger partial charge in [-0.05, 0) is 54.5 Å². The molecule has 0 N–H and O–H groups in total. The van der Waals surface area contributed by atoms with Gasteiger partial charge in [0.25, 0.3) is 0 Å². The number of nitrogens with zero attached hydrogens (tertiary/aromatic N) is 4. The Bertz CT molecular complexity index is 1030. The Balaban J connectivity index is 1.75. The molecule has 0 saturated carbocycles. The lowest BCUT2D eigenvalue weighted by atomic mass is 9.94. The van der Waals surface area contributed by atoms with Gasteiger partial charge >= 0.3 is 0 Å². The summed E-state index contributed by atoms with van der Waals surface area (Å²) in [5.41, 5.74) is 4.28. The molecule has 4 rings (SSSR count). The molecule has 1 aliphatic rings. The van der Waals surface area contributed by atoms with Crippen LogP contribution in [-0.2, 0) is 11.8 Å². The Labute approximate surface area is 163 Å². The van der Waals surface area contributed by atoms with Crippen molar-refractivity contribution in [2.45, 2.75) is 12.3 Å². The van der Waals surface area contributed by atoms with Crippen LogP contribution in [0.15, 0.2) is 61.3 Å².